The van der Waals surface area contributed by atoms with Crippen LogP contribution in [0, 0.1) is 28.8 Å². The topological polar surface area (TPSA) is 89.3 Å². The molecule has 0 amide bonds. The first-order valence-electron chi connectivity index (χ1n) is 6.03. The van der Waals surface area contributed by atoms with Gasteiger partial charge in [0, 0.05) is 12.1 Å². The van der Waals surface area contributed by atoms with Gasteiger partial charge < -0.3 is 0 Å². The number of hydrogen-bond acceptors (Lipinski definition) is 4. The molecule has 0 radical (unpaired) electrons. The van der Waals surface area contributed by atoms with Gasteiger partial charge in [-0.1, -0.05) is 13.8 Å². The van der Waals surface area contributed by atoms with Gasteiger partial charge in [0.15, 0.2) is 0 Å². The average Bonchev–Trinajstić information content (AvgIpc) is 2.26. The summed E-state index contributed by atoms with van der Waals surface area (Å²) in [6.45, 7) is 6.76. The van der Waals surface area contributed by atoms with Crippen LogP contribution >= 0.6 is 0 Å². The van der Waals surface area contributed by atoms with Gasteiger partial charge in [0.25, 0.3) is 0 Å². The van der Waals surface area contributed by atoms with Crippen molar-refractivity contribution in [1.82, 2.24) is 4.72 Å². The molecule has 0 spiro atoms. The first-order chi connectivity index (χ1) is 9.06. The molecule has 0 bridgehead atoms. The van der Waals surface area contributed by atoms with Gasteiger partial charge in [0.2, 0.25) is 15.8 Å². The van der Waals surface area contributed by atoms with Crippen LogP contribution in [0.25, 0.3) is 0 Å². The highest BCUT2D eigenvalue weighted by Crippen LogP contribution is 2.25. The van der Waals surface area contributed by atoms with E-state index in [0.29, 0.717) is 0 Å². The Balaban J connectivity index is 3.32. The summed E-state index contributed by atoms with van der Waals surface area (Å²) in [7, 11) is -3.93. The van der Waals surface area contributed by atoms with Crippen molar-refractivity contribution in [2.24, 2.45) is 5.92 Å². The van der Waals surface area contributed by atoms with Crippen molar-refractivity contribution in [2.45, 2.75) is 38.6 Å². The molecular formula is C12H17FN2O4S. The second-order valence-electron chi connectivity index (χ2n) is 4.98. The van der Waals surface area contributed by atoms with E-state index in [9.17, 15) is 22.9 Å². The van der Waals surface area contributed by atoms with Gasteiger partial charge in [0.1, 0.15) is 0 Å². The number of hydrogen-bond donors (Lipinski definition) is 1. The van der Waals surface area contributed by atoms with Gasteiger partial charge in [0.05, 0.1) is 9.82 Å². The molecule has 0 fully saturated rings. The lowest BCUT2D eigenvalue weighted by atomic mass is 10.1. The average molecular weight is 304 g/mol. The van der Waals surface area contributed by atoms with E-state index < -0.39 is 26.5 Å². The van der Waals surface area contributed by atoms with Crippen LogP contribution in [0.15, 0.2) is 17.0 Å². The Morgan fingerprint density at radius 1 is 1.30 bits per heavy atom. The molecule has 0 aromatic heterocycles. The highest BCUT2D eigenvalue weighted by atomic mass is 32.2. The Hall–Kier alpha value is -1.54. The standard InChI is InChI=1S/C12H17FN2O4S/c1-7(2)9(4)14-20(18,19)12-6-11(15(16)17)10(13)5-8(12)3/h5-7,9,14H,1-4H3. The molecule has 0 aliphatic carbocycles. The van der Waals surface area contributed by atoms with Crippen molar-refractivity contribution >= 4 is 15.7 Å². The van der Waals surface area contributed by atoms with Crippen LogP contribution in [-0.4, -0.2) is 19.4 Å². The zero-order valence-electron chi connectivity index (χ0n) is 11.7. The lowest BCUT2D eigenvalue weighted by molar-refractivity contribution is -0.387. The lowest BCUT2D eigenvalue weighted by Gasteiger charge is -2.18. The van der Waals surface area contributed by atoms with E-state index in [-0.39, 0.29) is 22.4 Å². The number of sulfonamides is 1. The fraction of sp³-hybridized carbons (Fsp3) is 0.500. The van der Waals surface area contributed by atoms with Crippen molar-refractivity contribution in [1.29, 1.82) is 0 Å². The minimum Gasteiger partial charge on any atom is -0.258 e. The molecule has 1 aromatic carbocycles. The minimum atomic E-state index is -3.93. The molecule has 1 atom stereocenters. The Bertz CT molecular complexity index is 629. The van der Waals surface area contributed by atoms with Crippen molar-refractivity contribution in [3.8, 4) is 0 Å². The van der Waals surface area contributed by atoms with Crippen LogP contribution < -0.4 is 4.72 Å². The molecular weight excluding hydrogens is 287 g/mol. The summed E-state index contributed by atoms with van der Waals surface area (Å²) in [4.78, 5) is 9.47. The van der Waals surface area contributed by atoms with Crippen molar-refractivity contribution in [3.05, 3.63) is 33.6 Å². The predicted molar refractivity (Wildman–Crippen MR) is 72.4 cm³/mol. The molecule has 112 valence electrons. The number of nitro groups is 1. The molecule has 1 unspecified atom stereocenters. The van der Waals surface area contributed by atoms with E-state index in [1.807, 2.05) is 13.8 Å². The third-order valence-corrected chi connectivity index (χ3v) is 4.77. The first-order valence-corrected chi connectivity index (χ1v) is 7.51. The van der Waals surface area contributed by atoms with E-state index >= 15 is 0 Å². The second-order valence-corrected chi connectivity index (χ2v) is 6.66. The molecule has 20 heavy (non-hydrogen) atoms. The zero-order valence-corrected chi connectivity index (χ0v) is 12.5. The van der Waals surface area contributed by atoms with Gasteiger partial charge in [-0.2, -0.15) is 4.39 Å². The van der Waals surface area contributed by atoms with Crippen LogP contribution in [0.1, 0.15) is 26.3 Å². The molecule has 1 N–H and O–H groups in total. The number of nitrogens with one attached hydrogen (secondary N) is 1. The van der Waals surface area contributed by atoms with Gasteiger partial charge in [-0.3, -0.25) is 10.1 Å². The van der Waals surface area contributed by atoms with Crippen molar-refractivity contribution in [2.75, 3.05) is 0 Å². The van der Waals surface area contributed by atoms with E-state index in [4.69, 9.17) is 0 Å². The molecule has 0 heterocycles. The summed E-state index contributed by atoms with van der Waals surface area (Å²) in [5.74, 6) is -0.996. The number of benzene rings is 1. The largest absolute Gasteiger partial charge is 0.306 e. The predicted octanol–water partition coefficient (Wildman–Crippen LogP) is 2.37. The quantitative estimate of drug-likeness (QED) is 0.668. The zero-order chi connectivity index (χ0) is 15.7. The number of nitro benzene ring substituents is 1. The van der Waals surface area contributed by atoms with Gasteiger partial charge in [-0.15, -0.1) is 0 Å². The van der Waals surface area contributed by atoms with Crippen LogP contribution in [-0.2, 0) is 10.0 Å². The number of nitrogens with zero attached hydrogens (tertiary/aromatic N) is 1. The van der Waals surface area contributed by atoms with Gasteiger partial charge in [-0.05, 0) is 31.4 Å². The molecule has 1 rings (SSSR count). The third-order valence-electron chi connectivity index (χ3n) is 3.07. The van der Waals surface area contributed by atoms with E-state index in [2.05, 4.69) is 4.72 Å². The Morgan fingerprint density at radius 3 is 2.30 bits per heavy atom. The first kappa shape index (κ1) is 16.5. The summed E-state index contributed by atoms with van der Waals surface area (Å²) in [6.07, 6.45) is 0. The van der Waals surface area contributed by atoms with E-state index in [0.717, 1.165) is 12.1 Å². The van der Waals surface area contributed by atoms with E-state index in [1.54, 1.807) is 6.92 Å². The Labute approximate surface area is 117 Å². The molecule has 6 nitrogen and oxygen atoms in total. The number of aryl methyl sites for hydroxylation is 1. The fourth-order valence-corrected chi connectivity index (χ4v) is 3.15. The van der Waals surface area contributed by atoms with Crippen molar-refractivity contribution in [3.63, 3.8) is 0 Å². The molecule has 8 heteroatoms. The Kier molecular flexibility index (Phi) is 4.82. The fourth-order valence-electron chi connectivity index (χ4n) is 1.52. The van der Waals surface area contributed by atoms with Crippen LogP contribution in [0.3, 0.4) is 0 Å². The molecule has 0 saturated heterocycles. The maximum Gasteiger partial charge on any atom is 0.306 e. The van der Waals surface area contributed by atoms with Gasteiger partial charge in [-0.25, -0.2) is 13.1 Å². The maximum absolute atomic E-state index is 13.4. The maximum atomic E-state index is 13.4. The second kappa shape index (κ2) is 5.84. The highest BCUT2D eigenvalue weighted by Gasteiger charge is 2.26. The molecule has 0 aliphatic heterocycles. The molecule has 0 saturated carbocycles. The molecule has 1 aromatic rings. The minimum absolute atomic E-state index is 0.0560. The number of halogens is 1. The smallest absolute Gasteiger partial charge is 0.258 e. The summed E-state index contributed by atoms with van der Waals surface area (Å²) in [5, 5.41) is 10.7. The summed E-state index contributed by atoms with van der Waals surface area (Å²) < 4.78 is 40.2. The van der Waals surface area contributed by atoms with E-state index in [1.165, 1.54) is 6.92 Å². The lowest BCUT2D eigenvalue weighted by Crippen LogP contribution is -2.36. The Morgan fingerprint density at radius 2 is 1.85 bits per heavy atom. The van der Waals surface area contributed by atoms with Gasteiger partial charge >= 0.3 is 5.69 Å². The monoisotopic (exact) mass is 304 g/mol. The van der Waals surface area contributed by atoms with Crippen molar-refractivity contribution < 1.29 is 17.7 Å². The van der Waals surface area contributed by atoms with Crippen LogP contribution in [0.4, 0.5) is 10.1 Å². The third kappa shape index (κ3) is 3.51. The normalized spacial score (nSPS) is 13.5. The van der Waals surface area contributed by atoms with Crippen LogP contribution in [0.2, 0.25) is 0 Å². The molecule has 0 aliphatic rings. The highest BCUT2D eigenvalue weighted by molar-refractivity contribution is 7.89. The summed E-state index contributed by atoms with van der Waals surface area (Å²) >= 11 is 0. The summed E-state index contributed by atoms with van der Waals surface area (Å²) in [5.41, 5.74) is -0.732. The van der Waals surface area contributed by atoms with Crippen LogP contribution in [0.5, 0.6) is 0 Å². The number of rotatable bonds is 5. The summed E-state index contributed by atoms with van der Waals surface area (Å²) in [6, 6.07) is 1.26. The SMILES string of the molecule is Cc1cc(F)c([N+](=O)[O-])cc1S(=O)(=O)NC(C)C(C)C.